The average Bonchev–Trinajstić information content (AvgIpc) is 3.20. The normalized spacial score (nSPS) is 12.3. The van der Waals surface area contributed by atoms with Gasteiger partial charge in [-0.25, -0.2) is 0 Å². The second kappa shape index (κ2) is 47.8. The number of hydrogen-bond donors (Lipinski definition) is 1. The smallest absolute Gasteiger partial charge is 0.306 e. The van der Waals surface area contributed by atoms with Crippen LogP contribution in [0.5, 0.6) is 0 Å². The third-order valence-corrected chi connectivity index (χ3v) is 11.2. The molecule has 0 fully saturated rings. The first-order chi connectivity index (χ1) is 27.6. The zero-order valence-corrected chi connectivity index (χ0v) is 37.7. The third-order valence-electron chi connectivity index (χ3n) is 11.2. The molecule has 56 heavy (non-hydrogen) atoms. The van der Waals surface area contributed by atoms with Crippen LogP contribution in [0.2, 0.25) is 0 Å². The lowest BCUT2D eigenvalue weighted by molar-refractivity contribution is -0.161. The molecule has 0 radical (unpaired) electrons. The molecule has 0 rings (SSSR count). The van der Waals surface area contributed by atoms with Crippen molar-refractivity contribution in [3.63, 3.8) is 0 Å². The number of carbonyl (C=O) groups is 2. The SMILES string of the molecule is CCCCCCCC/C=C/CCCCCCCCCCCC(=O)O[C@@H](CO)COC(=O)CCC/C=C/CCCCCCCCCCCCCCCCCCCC. The largest absolute Gasteiger partial charge is 0.462 e. The molecule has 330 valence electrons. The van der Waals surface area contributed by atoms with Gasteiger partial charge in [-0.05, 0) is 57.8 Å². The molecule has 0 saturated heterocycles. The predicted molar refractivity (Wildman–Crippen MR) is 242 cm³/mol. The monoisotopic (exact) mass is 789 g/mol. The van der Waals surface area contributed by atoms with E-state index in [1.54, 1.807) is 0 Å². The van der Waals surface area contributed by atoms with Crippen LogP contribution >= 0.6 is 0 Å². The highest BCUT2D eigenvalue weighted by atomic mass is 16.6. The van der Waals surface area contributed by atoms with Gasteiger partial charge in [-0.1, -0.05) is 224 Å². The number of unbranched alkanes of at least 4 members (excludes halogenated alkanes) is 34. The van der Waals surface area contributed by atoms with E-state index < -0.39 is 6.10 Å². The number of esters is 2. The number of hydrogen-bond acceptors (Lipinski definition) is 5. The Bertz CT molecular complexity index is 851. The van der Waals surface area contributed by atoms with Crippen molar-refractivity contribution in [1.29, 1.82) is 0 Å². The van der Waals surface area contributed by atoms with Gasteiger partial charge in [0.2, 0.25) is 0 Å². The molecule has 0 aliphatic rings. The number of ether oxygens (including phenoxy) is 2. The van der Waals surface area contributed by atoms with E-state index in [4.69, 9.17) is 9.47 Å². The van der Waals surface area contributed by atoms with E-state index >= 15 is 0 Å². The van der Waals surface area contributed by atoms with Crippen molar-refractivity contribution in [3.05, 3.63) is 24.3 Å². The number of allylic oxidation sites excluding steroid dienone is 4. The minimum absolute atomic E-state index is 0.0776. The summed E-state index contributed by atoms with van der Waals surface area (Å²) >= 11 is 0. The number of aliphatic hydroxyl groups excluding tert-OH is 1. The highest BCUT2D eigenvalue weighted by Crippen LogP contribution is 2.16. The first-order valence-electron chi connectivity index (χ1n) is 24.9. The minimum Gasteiger partial charge on any atom is -0.462 e. The summed E-state index contributed by atoms with van der Waals surface area (Å²) < 4.78 is 10.6. The van der Waals surface area contributed by atoms with Crippen molar-refractivity contribution in [1.82, 2.24) is 0 Å². The van der Waals surface area contributed by atoms with Crippen LogP contribution in [0, 0.1) is 0 Å². The molecule has 0 aromatic rings. The summed E-state index contributed by atoms with van der Waals surface area (Å²) in [6.45, 7) is 4.15. The van der Waals surface area contributed by atoms with Crippen LogP contribution < -0.4 is 0 Å². The van der Waals surface area contributed by atoms with Gasteiger partial charge in [-0.15, -0.1) is 0 Å². The summed E-state index contributed by atoms with van der Waals surface area (Å²) in [5.41, 5.74) is 0. The van der Waals surface area contributed by atoms with Gasteiger partial charge in [-0.2, -0.15) is 0 Å². The lowest BCUT2D eigenvalue weighted by Gasteiger charge is -2.15. The van der Waals surface area contributed by atoms with Crippen molar-refractivity contribution in [2.24, 2.45) is 0 Å². The highest BCUT2D eigenvalue weighted by Gasteiger charge is 2.16. The van der Waals surface area contributed by atoms with E-state index in [0.717, 1.165) is 38.5 Å². The van der Waals surface area contributed by atoms with Crippen molar-refractivity contribution in [2.45, 2.75) is 277 Å². The standard InChI is InChI=1S/C51H96O5/c1-3-5-7-9-11-13-15-17-19-21-23-24-25-26-28-29-31-33-35-37-39-41-43-45-50(53)55-48-49(47-52)56-51(54)46-44-42-40-38-36-34-32-30-27-22-20-18-16-14-12-10-8-6-4-2/h18,20,37,39,49,52H,3-17,19,21-36,38,40-48H2,1-2H3/b20-18+,39-37+/t49-/m0/s1. The topological polar surface area (TPSA) is 72.8 Å². The van der Waals surface area contributed by atoms with E-state index in [1.807, 2.05) is 0 Å². The molecule has 5 heteroatoms. The Labute approximate surface area is 349 Å². The van der Waals surface area contributed by atoms with Crippen LogP contribution in [0.1, 0.15) is 271 Å². The van der Waals surface area contributed by atoms with Gasteiger partial charge in [0.15, 0.2) is 6.10 Å². The fraction of sp³-hybridized carbons (Fsp3) is 0.882. The first kappa shape index (κ1) is 54.4. The predicted octanol–water partition coefficient (Wildman–Crippen LogP) is 16.2. The molecular formula is C51H96O5. The lowest BCUT2D eigenvalue weighted by Crippen LogP contribution is -2.28. The van der Waals surface area contributed by atoms with E-state index in [0.29, 0.717) is 12.8 Å². The molecule has 5 nitrogen and oxygen atoms in total. The summed E-state index contributed by atoms with van der Waals surface area (Å²) in [7, 11) is 0. The van der Waals surface area contributed by atoms with Crippen molar-refractivity contribution in [2.75, 3.05) is 13.2 Å². The van der Waals surface area contributed by atoms with Crippen molar-refractivity contribution < 1.29 is 24.2 Å². The molecule has 0 heterocycles. The molecule has 0 unspecified atom stereocenters. The molecule has 0 bridgehead atoms. The first-order valence-corrected chi connectivity index (χ1v) is 24.9. The molecule has 0 aliphatic heterocycles. The van der Waals surface area contributed by atoms with Gasteiger partial charge >= 0.3 is 11.9 Å². The van der Waals surface area contributed by atoms with Gasteiger partial charge in [0, 0.05) is 12.8 Å². The molecule has 1 N–H and O–H groups in total. The molecule has 0 aromatic carbocycles. The maximum atomic E-state index is 12.2. The summed E-state index contributed by atoms with van der Waals surface area (Å²) in [5, 5.41) is 9.61. The van der Waals surface area contributed by atoms with Crippen LogP contribution in [0.3, 0.4) is 0 Å². The Morgan fingerprint density at radius 2 is 0.679 bits per heavy atom. The van der Waals surface area contributed by atoms with E-state index in [2.05, 4.69) is 38.2 Å². The van der Waals surface area contributed by atoms with Gasteiger partial charge in [0.05, 0.1) is 6.61 Å². The van der Waals surface area contributed by atoms with Crippen LogP contribution in [-0.4, -0.2) is 36.4 Å². The van der Waals surface area contributed by atoms with Gasteiger partial charge in [0.25, 0.3) is 0 Å². The second-order valence-electron chi connectivity index (χ2n) is 16.9. The molecule has 0 amide bonds. The molecule has 0 spiro atoms. The summed E-state index contributed by atoms with van der Waals surface area (Å²) in [4.78, 5) is 24.4. The Kier molecular flexibility index (Phi) is 46.4. The van der Waals surface area contributed by atoms with Crippen LogP contribution in [0.4, 0.5) is 0 Å². The summed E-state index contributed by atoms with van der Waals surface area (Å²) in [6, 6.07) is 0. The molecule has 1 atom stereocenters. The highest BCUT2D eigenvalue weighted by molar-refractivity contribution is 5.70. The zero-order valence-electron chi connectivity index (χ0n) is 37.7. The Hall–Kier alpha value is -1.62. The maximum Gasteiger partial charge on any atom is 0.306 e. The lowest BCUT2D eigenvalue weighted by atomic mass is 10.0. The van der Waals surface area contributed by atoms with E-state index in [1.165, 1.54) is 205 Å². The second-order valence-corrected chi connectivity index (χ2v) is 16.9. The fourth-order valence-corrected chi connectivity index (χ4v) is 7.44. The van der Waals surface area contributed by atoms with Crippen LogP contribution in [0.15, 0.2) is 24.3 Å². The summed E-state index contributed by atoms with van der Waals surface area (Å²) in [5.74, 6) is -0.617. The van der Waals surface area contributed by atoms with Gasteiger partial charge < -0.3 is 14.6 Å². The molecule has 0 saturated carbocycles. The third kappa shape index (κ3) is 45.1. The van der Waals surface area contributed by atoms with Crippen molar-refractivity contribution in [3.8, 4) is 0 Å². The quantitative estimate of drug-likeness (QED) is 0.0378. The van der Waals surface area contributed by atoms with Gasteiger partial charge in [-0.3, -0.25) is 9.59 Å². The number of aliphatic hydroxyl groups is 1. The molecule has 0 aromatic heterocycles. The molecule has 0 aliphatic carbocycles. The van der Waals surface area contributed by atoms with Gasteiger partial charge in [0.1, 0.15) is 6.61 Å². The Morgan fingerprint density at radius 1 is 0.393 bits per heavy atom. The van der Waals surface area contributed by atoms with Crippen molar-refractivity contribution >= 4 is 11.9 Å². The Balaban J connectivity index is 3.49. The number of carbonyl (C=O) groups excluding carboxylic acids is 2. The number of rotatable bonds is 46. The Morgan fingerprint density at radius 3 is 1.02 bits per heavy atom. The molecular weight excluding hydrogens is 693 g/mol. The summed E-state index contributed by atoms with van der Waals surface area (Å²) in [6.07, 6.45) is 58.5. The van der Waals surface area contributed by atoms with E-state index in [-0.39, 0.29) is 25.2 Å². The fourth-order valence-electron chi connectivity index (χ4n) is 7.44. The minimum atomic E-state index is -0.781. The zero-order chi connectivity index (χ0) is 40.7. The van der Waals surface area contributed by atoms with Crippen LogP contribution in [-0.2, 0) is 19.1 Å². The average molecular weight is 789 g/mol. The maximum absolute atomic E-state index is 12.2. The van der Waals surface area contributed by atoms with E-state index in [9.17, 15) is 14.7 Å². The van der Waals surface area contributed by atoms with Crippen LogP contribution in [0.25, 0.3) is 0 Å².